The number of aliphatic hydroxyl groups is 1. The highest BCUT2D eigenvalue weighted by Gasteiger charge is 2.49. The van der Waals surface area contributed by atoms with Gasteiger partial charge in [0.1, 0.15) is 17.1 Å². The van der Waals surface area contributed by atoms with Gasteiger partial charge in [0.25, 0.3) is 5.78 Å². The first kappa shape index (κ1) is 29.6. The number of benzene rings is 2. The number of thioether (sulfide) groups is 1. The minimum absolute atomic E-state index is 0.0447. The van der Waals surface area contributed by atoms with E-state index < -0.39 is 17.7 Å². The molecule has 1 N–H and O–H groups in total. The molecule has 0 radical (unpaired) electrons. The van der Waals surface area contributed by atoms with Crippen LogP contribution in [0.1, 0.15) is 48.8 Å². The zero-order valence-corrected chi connectivity index (χ0v) is 26.1. The van der Waals surface area contributed by atoms with Gasteiger partial charge in [0.15, 0.2) is 10.1 Å². The molecule has 1 unspecified atom stereocenters. The molecule has 0 spiro atoms. The van der Waals surface area contributed by atoms with E-state index in [9.17, 15) is 14.7 Å². The second kappa shape index (κ2) is 12.6. The average molecular weight is 626 g/mol. The first-order chi connectivity index (χ1) is 21.3. The Morgan fingerprint density at radius 2 is 1.84 bits per heavy atom. The molecule has 9 nitrogen and oxygen atoms in total. The van der Waals surface area contributed by atoms with Crippen LogP contribution in [-0.2, 0) is 15.3 Å². The number of hydrogen-bond donors (Lipinski definition) is 1. The number of anilines is 1. The van der Waals surface area contributed by atoms with E-state index >= 15 is 0 Å². The van der Waals surface area contributed by atoms with Crippen LogP contribution < -0.4 is 9.64 Å². The SMILES string of the molecule is Cc1nc2ccccn2c1/C(O)=C1\C(=O)C(=O)N(c2nnc(SCc3ccccc3)s2)C1c1cccc(OCCC(C)C)c1. The van der Waals surface area contributed by atoms with Gasteiger partial charge in [-0.15, -0.1) is 10.2 Å². The molecule has 1 aliphatic heterocycles. The van der Waals surface area contributed by atoms with Crippen molar-refractivity contribution in [3.8, 4) is 5.75 Å². The van der Waals surface area contributed by atoms with Gasteiger partial charge in [0.05, 0.1) is 23.9 Å². The summed E-state index contributed by atoms with van der Waals surface area (Å²) < 4.78 is 8.40. The second-order valence-electron chi connectivity index (χ2n) is 10.9. The molecule has 6 rings (SSSR count). The van der Waals surface area contributed by atoms with Gasteiger partial charge in [-0.2, -0.15) is 0 Å². The maximum atomic E-state index is 13.8. The maximum absolute atomic E-state index is 13.8. The monoisotopic (exact) mass is 625 g/mol. The summed E-state index contributed by atoms with van der Waals surface area (Å²) in [5.41, 5.74) is 3.18. The van der Waals surface area contributed by atoms with Crippen LogP contribution >= 0.6 is 23.1 Å². The molecule has 0 aliphatic carbocycles. The molecule has 5 aromatic rings. The Morgan fingerprint density at radius 3 is 2.64 bits per heavy atom. The van der Waals surface area contributed by atoms with Crippen molar-refractivity contribution in [1.29, 1.82) is 0 Å². The van der Waals surface area contributed by atoms with Crippen molar-refractivity contribution < 1.29 is 19.4 Å². The van der Waals surface area contributed by atoms with Gasteiger partial charge >= 0.3 is 5.91 Å². The lowest BCUT2D eigenvalue weighted by Gasteiger charge is -2.23. The van der Waals surface area contributed by atoms with Crippen LogP contribution in [0.5, 0.6) is 5.75 Å². The topological polar surface area (TPSA) is 110 Å². The zero-order chi connectivity index (χ0) is 30.8. The molecule has 224 valence electrons. The Hall–Kier alpha value is -4.48. The normalized spacial score (nSPS) is 16.4. The Labute approximate surface area is 263 Å². The molecular formula is C33H31N5O4S2. The molecule has 4 heterocycles. The number of fused-ring (bicyclic) bond motifs is 1. The van der Waals surface area contributed by atoms with E-state index in [1.54, 1.807) is 17.5 Å². The maximum Gasteiger partial charge on any atom is 0.301 e. The number of aliphatic hydroxyl groups excluding tert-OH is 1. The van der Waals surface area contributed by atoms with Gasteiger partial charge in [-0.25, -0.2) is 4.98 Å². The molecule has 44 heavy (non-hydrogen) atoms. The molecule has 1 atom stereocenters. The van der Waals surface area contributed by atoms with Gasteiger partial charge in [-0.05, 0) is 54.7 Å². The van der Waals surface area contributed by atoms with Crippen LogP contribution in [0.25, 0.3) is 11.4 Å². The minimum Gasteiger partial charge on any atom is -0.505 e. The summed E-state index contributed by atoms with van der Waals surface area (Å²) in [6.07, 6.45) is 2.64. The Morgan fingerprint density at radius 1 is 1.05 bits per heavy atom. The van der Waals surface area contributed by atoms with Crippen molar-refractivity contribution >= 4 is 51.3 Å². The molecule has 11 heteroatoms. The number of carbonyl (C=O) groups is 2. The summed E-state index contributed by atoms with van der Waals surface area (Å²) in [6, 6.07) is 21.8. The van der Waals surface area contributed by atoms with E-state index in [-0.39, 0.29) is 16.5 Å². The fourth-order valence-corrected chi connectivity index (χ4v) is 6.96. The number of rotatable bonds is 10. The number of ether oxygens (including phenoxy) is 1. The number of amides is 1. The van der Waals surface area contributed by atoms with E-state index in [4.69, 9.17) is 4.74 Å². The summed E-state index contributed by atoms with van der Waals surface area (Å²) in [6.45, 7) is 6.55. The highest BCUT2D eigenvalue weighted by atomic mass is 32.2. The third-order valence-electron chi connectivity index (χ3n) is 7.32. The minimum atomic E-state index is -0.961. The predicted octanol–water partition coefficient (Wildman–Crippen LogP) is 6.84. The lowest BCUT2D eigenvalue weighted by molar-refractivity contribution is -0.132. The first-order valence-corrected chi connectivity index (χ1v) is 16.1. The van der Waals surface area contributed by atoms with E-state index in [0.29, 0.717) is 51.0 Å². The molecule has 1 fully saturated rings. The Kier molecular flexibility index (Phi) is 8.49. The van der Waals surface area contributed by atoms with Crippen LogP contribution in [0, 0.1) is 12.8 Å². The summed E-state index contributed by atoms with van der Waals surface area (Å²) in [5.74, 6) is -0.133. The van der Waals surface area contributed by atoms with Crippen molar-refractivity contribution in [3.63, 3.8) is 0 Å². The van der Waals surface area contributed by atoms with Crippen molar-refractivity contribution in [3.05, 3.63) is 107 Å². The van der Waals surface area contributed by atoms with Gasteiger partial charge in [-0.1, -0.05) is 85.5 Å². The van der Waals surface area contributed by atoms with E-state index in [1.807, 2.05) is 72.8 Å². The van der Waals surface area contributed by atoms with Crippen molar-refractivity contribution in [2.45, 2.75) is 43.3 Å². The summed E-state index contributed by atoms with van der Waals surface area (Å²) in [4.78, 5) is 33.4. The third kappa shape index (κ3) is 5.85. The highest BCUT2D eigenvalue weighted by Crippen LogP contribution is 2.45. The number of Topliss-reactive ketones (excluding diaryl/α,β-unsaturated/α-hetero) is 1. The van der Waals surface area contributed by atoms with Gasteiger partial charge in [0.2, 0.25) is 5.13 Å². The summed E-state index contributed by atoms with van der Waals surface area (Å²) >= 11 is 2.74. The van der Waals surface area contributed by atoms with Gasteiger partial charge in [-0.3, -0.25) is 18.9 Å². The number of imidazole rings is 1. The summed E-state index contributed by atoms with van der Waals surface area (Å²) in [7, 11) is 0. The largest absolute Gasteiger partial charge is 0.505 e. The quantitative estimate of drug-likeness (QED) is 0.0591. The fourth-order valence-electron chi connectivity index (χ4n) is 5.14. The van der Waals surface area contributed by atoms with E-state index in [2.05, 4.69) is 29.0 Å². The average Bonchev–Trinajstić information content (AvgIpc) is 3.70. The number of hydrogen-bond acceptors (Lipinski definition) is 9. The molecule has 2 aromatic carbocycles. The first-order valence-electron chi connectivity index (χ1n) is 14.3. The smallest absolute Gasteiger partial charge is 0.301 e. The number of carbonyl (C=O) groups excluding carboxylic acids is 2. The fraction of sp³-hybridized carbons (Fsp3) is 0.242. The Balaban J connectivity index is 1.43. The Bertz CT molecular complexity index is 1860. The number of aryl methyl sites for hydroxylation is 1. The second-order valence-corrected chi connectivity index (χ2v) is 13.1. The van der Waals surface area contributed by atoms with Crippen LogP contribution in [0.2, 0.25) is 0 Å². The number of pyridine rings is 1. The van der Waals surface area contributed by atoms with Crippen molar-refractivity contribution in [1.82, 2.24) is 19.6 Å². The molecule has 1 aliphatic rings. The van der Waals surface area contributed by atoms with Gasteiger partial charge < -0.3 is 9.84 Å². The van der Waals surface area contributed by atoms with E-state index in [1.165, 1.54) is 28.0 Å². The molecule has 0 saturated carbocycles. The third-order valence-corrected chi connectivity index (χ3v) is 9.44. The molecular weight excluding hydrogens is 595 g/mol. The van der Waals surface area contributed by atoms with Gasteiger partial charge in [0, 0.05) is 11.9 Å². The molecule has 1 amide bonds. The highest BCUT2D eigenvalue weighted by molar-refractivity contribution is 8.00. The molecule has 3 aromatic heterocycles. The van der Waals surface area contributed by atoms with Crippen molar-refractivity contribution in [2.75, 3.05) is 11.5 Å². The van der Waals surface area contributed by atoms with Crippen LogP contribution in [0.4, 0.5) is 5.13 Å². The van der Waals surface area contributed by atoms with Crippen LogP contribution in [0.15, 0.2) is 88.9 Å². The lowest BCUT2D eigenvalue weighted by Crippen LogP contribution is -2.29. The van der Waals surface area contributed by atoms with Crippen molar-refractivity contribution in [2.24, 2.45) is 5.92 Å². The zero-order valence-electron chi connectivity index (χ0n) is 24.5. The standard InChI is InChI=1S/C33H31N5O4S2/c1-20(2)15-17-42-24-13-9-12-23(18-24)28-26(29(39)27-21(3)34-25-14-7-8-16-37(25)27)30(40)31(41)38(28)32-35-36-33(44-32)43-19-22-10-5-4-6-11-22/h4-14,16,18,20,28,39H,15,17,19H2,1-3H3/b29-26+. The number of ketones is 1. The van der Waals surface area contributed by atoms with E-state index in [0.717, 1.165) is 12.0 Å². The summed E-state index contributed by atoms with van der Waals surface area (Å²) in [5, 5.41) is 20.7. The number of aromatic nitrogens is 4. The number of nitrogens with zero attached hydrogens (tertiary/aromatic N) is 5. The molecule has 0 bridgehead atoms. The van der Waals surface area contributed by atoms with Crippen LogP contribution in [0.3, 0.4) is 0 Å². The molecule has 1 saturated heterocycles. The van der Waals surface area contributed by atoms with Crippen LogP contribution in [-0.4, -0.2) is 43.0 Å². The lowest BCUT2D eigenvalue weighted by atomic mass is 9.96. The predicted molar refractivity (Wildman–Crippen MR) is 172 cm³/mol.